The lowest BCUT2D eigenvalue weighted by Gasteiger charge is -2.14. The van der Waals surface area contributed by atoms with E-state index in [1.807, 2.05) is 49.5 Å². The average molecular weight is 373 g/mol. The van der Waals surface area contributed by atoms with Gasteiger partial charge in [0.1, 0.15) is 5.82 Å². The summed E-state index contributed by atoms with van der Waals surface area (Å²) in [7, 11) is 2.01. The molecule has 0 radical (unpaired) electrons. The van der Waals surface area contributed by atoms with Gasteiger partial charge in [-0.05, 0) is 48.7 Å². The number of imidazole rings is 1. The number of amides is 1. The molecule has 6 heteroatoms. The largest absolute Gasteiger partial charge is 0.327 e. The van der Waals surface area contributed by atoms with Gasteiger partial charge >= 0.3 is 0 Å². The Balaban J connectivity index is 0.00000243. The second kappa shape index (κ2) is 8.34. The van der Waals surface area contributed by atoms with Crippen molar-refractivity contribution in [2.45, 2.75) is 26.3 Å². The first kappa shape index (κ1) is 19.9. The first-order valence-corrected chi connectivity index (χ1v) is 8.54. The van der Waals surface area contributed by atoms with Crippen molar-refractivity contribution < 1.29 is 4.79 Å². The fourth-order valence-electron chi connectivity index (χ4n) is 2.96. The van der Waals surface area contributed by atoms with Gasteiger partial charge in [0.05, 0.1) is 17.1 Å². The molecule has 0 unspecified atom stereocenters. The molecule has 0 fully saturated rings. The van der Waals surface area contributed by atoms with Gasteiger partial charge in [-0.2, -0.15) is 0 Å². The fraction of sp³-hybridized carbons (Fsp3) is 0.300. The maximum Gasteiger partial charge on any atom is 0.241 e. The summed E-state index contributed by atoms with van der Waals surface area (Å²) in [4.78, 5) is 16.8. The summed E-state index contributed by atoms with van der Waals surface area (Å²) in [5.74, 6) is 1.14. The number of hydrogen-bond acceptors (Lipinski definition) is 3. The topological polar surface area (TPSA) is 72.9 Å². The van der Waals surface area contributed by atoms with E-state index in [4.69, 9.17) is 5.73 Å². The zero-order valence-corrected chi connectivity index (χ0v) is 16.1. The van der Waals surface area contributed by atoms with Crippen molar-refractivity contribution in [3.8, 4) is 11.4 Å². The number of nitrogens with two attached hydrogens (primary N) is 1. The number of rotatable bonds is 5. The summed E-state index contributed by atoms with van der Waals surface area (Å²) < 4.78 is 2.07. The number of benzene rings is 2. The van der Waals surface area contributed by atoms with Crippen molar-refractivity contribution in [3.05, 3.63) is 48.5 Å². The van der Waals surface area contributed by atoms with Gasteiger partial charge < -0.3 is 15.6 Å². The quantitative estimate of drug-likeness (QED) is 0.711. The van der Waals surface area contributed by atoms with Crippen LogP contribution in [0, 0.1) is 5.92 Å². The van der Waals surface area contributed by atoms with Crippen LogP contribution in [0.25, 0.3) is 22.4 Å². The van der Waals surface area contributed by atoms with E-state index in [1.54, 1.807) is 0 Å². The molecule has 2 aromatic carbocycles. The van der Waals surface area contributed by atoms with Crippen LogP contribution in [0.3, 0.4) is 0 Å². The zero-order valence-electron chi connectivity index (χ0n) is 15.3. The normalized spacial score (nSPS) is 12.0. The number of nitrogens with one attached hydrogen (secondary N) is 1. The van der Waals surface area contributed by atoms with Crippen molar-refractivity contribution in [3.63, 3.8) is 0 Å². The maximum absolute atomic E-state index is 12.1. The Morgan fingerprint density at radius 3 is 2.42 bits per heavy atom. The standard InChI is InChI=1S/C20H24N4O.ClH/c1-13(2)12-16(21)20(25)22-15-10-8-14(9-11-15)19-23-17-6-4-5-7-18(17)24(19)3;/h4-11,13,16H,12,21H2,1-3H3,(H,22,25);1H/t16-;/m0./s1. The van der Waals surface area contributed by atoms with E-state index in [-0.39, 0.29) is 18.3 Å². The van der Waals surface area contributed by atoms with Gasteiger partial charge in [-0.3, -0.25) is 4.79 Å². The molecule has 0 spiro atoms. The van der Waals surface area contributed by atoms with Crippen LogP contribution in [0.4, 0.5) is 5.69 Å². The van der Waals surface area contributed by atoms with Crippen LogP contribution >= 0.6 is 12.4 Å². The van der Waals surface area contributed by atoms with Gasteiger partial charge in [-0.25, -0.2) is 4.98 Å². The molecule has 138 valence electrons. The molecule has 0 aliphatic rings. The fourth-order valence-corrected chi connectivity index (χ4v) is 2.96. The number of carbonyl (C=O) groups excluding carboxylic acids is 1. The highest BCUT2D eigenvalue weighted by molar-refractivity contribution is 5.94. The Labute approximate surface area is 160 Å². The third kappa shape index (κ3) is 4.23. The van der Waals surface area contributed by atoms with Gasteiger partial charge in [-0.1, -0.05) is 26.0 Å². The molecular formula is C20H25ClN4O. The number of aryl methyl sites for hydroxylation is 1. The van der Waals surface area contributed by atoms with Crippen molar-refractivity contribution >= 4 is 35.0 Å². The molecule has 1 heterocycles. The predicted octanol–water partition coefficient (Wildman–Crippen LogP) is 3.97. The third-order valence-electron chi connectivity index (χ3n) is 4.26. The number of anilines is 1. The Kier molecular flexibility index (Phi) is 6.40. The van der Waals surface area contributed by atoms with Crippen molar-refractivity contribution in [2.75, 3.05) is 5.32 Å². The summed E-state index contributed by atoms with van der Waals surface area (Å²) in [5, 5.41) is 2.88. The van der Waals surface area contributed by atoms with E-state index < -0.39 is 6.04 Å². The number of fused-ring (bicyclic) bond motifs is 1. The highest BCUT2D eigenvalue weighted by atomic mass is 35.5. The number of hydrogen-bond donors (Lipinski definition) is 2. The van der Waals surface area contributed by atoms with Gasteiger partial charge in [0.15, 0.2) is 0 Å². The Bertz CT molecular complexity index is 886. The summed E-state index contributed by atoms with van der Waals surface area (Å²) >= 11 is 0. The Morgan fingerprint density at radius 2 is 1.81 bits per heavy atom. The van der Waals surface area contributed by atoms with Crippen LogP contribution in [-0.4, -0.2) is 21.5 Å². The molecular weight excluding hydrogens is 348 g/mol. The molecule has 0 aliphatic carbocycles. The van der Waals surface area contributed by atoms with Gasteiger partial charge in [0, 0.05) is 18.3 Å². The monoisotopic (exact) mass is 372 g/mol. The number of para-hydroxylation sites is 2. The number of halogens is 1. The lowest BCUT2D eigenvalue weighted by Crippen LogP contribution is -2.36. The summed E-state index contributed by atoms with van der Waals surface area (Å²) in [6, 6.07) is 15.3. The minimum atomic E-state index is -0.487. The van der Waals surface area contributed by atoms with Crippen molar-refractivity contribution in [1.82, 2.24) is 9.55 Å². The van der Waals surface area contributed by atoms with E-state index in [9.17, 15) is 4.79 Å². The van der Waals surface area contributed by atoms with Crippen LogP contribution in [-0.2, 0) is 11.8 Å². The Morgan fingerprint density at radius 1 is 1.15 bits per heavy atom. The molecule has 26 heavy (non-hydrogen) atoms. The minimum Gasteiger partial charge on any atom is -0.327 e. The van der Waals surface area contributed by atoms with Gasteiger partial charge in [0.2, 0.25) is 5.91 Å². The molecule has 1 atom stereocenters. The van der Waals surface area contributed by atoms with E-state index in [1.165, 1.54) is 0 Å². The highest BCUT2D eigenvalue weighted by Crippen LogP contribution is 2.24. The Hall–Kier alpha value is -2.37. The molecule has 3 N–H and O–H groups in total. The van der Waals surface area contributed by atoms with Crippen LogP contribution in [0.5, 0.6) is 0 Å². The summed E-state index contributed by atoms with van der Waals surface area (Å²) in [6.07, 6.45) is 0.670. The van der Waals surface area contributed by atoms with E-state index in [0.29, 0.717) is 12.3 Å². The molecule has 5 nitrogen and oxygen atoms in total. The molecule has 0 bridgehead atoms. The second-order valence-corrected chi connectivity index (χ2v) is 6.79. The van der Waals surface area contributed by atoms with E-state index >= 15 is 0 Å². The lowest BCUT2D eigenvalue weighted by atomic mass is 10.0. The molecule has 0 saturated heterocycles. The predicted molar refractivity (Wildman–Crippen MR) is 109 cm³/mol. The van der Waals surface area contributed by atoms with E-state index in [2.05, 4.69) is 34.8 Å². The highest BCUT2D eigenvalue weighted by Gasteiger charge is 2.15. The first-order chi connectivity index (χ1) is 12.0. The molecule has 3 rings (SSSR count). The average Bonchev–Trinajstić information content (AvgIpc) is 2.92. The summed E-state index contributed by atoms with van der Waals surface area (Å²) in [5.41, 5.74) is 9.73. The molecule has 0 saturated carbocycles. The number of nitrogens with zero attached hydrogens (tertiary/aromatic N) is 2. The zero-order chi connectivity index (χ0) is 18.0. The molecule has 1 aromatic heterocycles. The molecule has 1 amide bonds. The number of carbonyl (C=O) groups is 1. The van der Waals surface area contributed by atoms with Crippen LogP contribution in [0.2, 0.25) is 0 Å². The third-order valence-corrected chi connectivity index (χ3v) is 4.26. The molecule has 3 aromatic rings. The van der Waals surface area contributed by atoms with Crippen LogP contribution in [0.1, 0.15) is 20.3 Å². The smallest absolute Gasteiger partial charge is 0.241 e. The van der Waals surface area contributed by atoms with Crippen LogP contribution in [0.15, 0.2) is 48.5 Å². The molecule has 0 aliphatic heterocycles. The van der Waals surface area contributed by atoms with Crippen LogP contribution < -0.4 is 11.1 Å². The van der Waals surface area contributed by atoms with Crippen molar-refractivity contribution in [1.29, 1.82) is 0 Å². The maximum atomic E-state index is 12.1. The van der Waals surface area contributed by atoms with E-state index in [0.717, 1.165) is 28.1 Å². The first-order valence-electron chi connectivity index (χ1n) is 8.54. The minimum absolute atomic E-state index is 0. The summed E-state index contributed by atoms with van der Waals surface area (Å²) in [6.45, 7) is 4.11. The van der Waals surface area contributed by atoms with Crippen molar-refractivity contribution in [2.24, 2.45) is 18.7 Å². The number of aromatic nitrogens is 2. The van der Waals surface area contributed by atoms with Gasteiger partial charge in [-0.15, -0.1) is 12.4 Å². The SMILES string of the molecule is CC(C)C[C@H](N)C(=O)Nc1ccc(-c2nc3ccccc3n2C)cc1.Cl. The second-order valence-electron chi connectivity index (χ2n) is 6.79. The van der Waals surface area contributed by atoms with Gasteiger partial charge in [0.25, 0.3) is 0 Å². The lowest BCUT2D eigenvalue weighted by molar-refractivity contribution is -0.117.